The van der Waals surface area contributed by atoms with Gasteiger partial charge in [0.05, 0.1) is 16.1 Å². The summed E-state index contributed by atoms with van der Waals surface area (Å²) in [6.45, 7) is 0. The Labute approximate surface area is 180 Å². The van der Waals surface area contributed by atoms with Gasteiger partial charge in [-0.25, -0.2) is 18.7 Å². The largest absolute Gasteiger partial charge is 0.461 e. The number of nitrogens with zero attached hydrogens (tertiary/aromatic N) is 2. The first-order valence-corrected chi connectivity index (χ1v) is 9.21. The number of hydrogen-bond donors (Lipinski definition) is 2. The normalized spacial score (nSPS) is 14.4. The van der Waals surface area contributed by atoms with Crippen LogP contribution in [0.3, 0.4) is 0 Å². The molecule has 14 heteroatoms. The Morgan fingerprint density at radius 1 is 1.06 bits per heavy atom. The molecule has 0 bridgehead atoms. The Hall–Kier alpha value is -2.96. The molecule has 32 heavy (non-hydrogen) atoms. The molecule has 1 aliphatic rings. The van der Waals surface area contributed by atoms with E-state index in [-0.39, 0.29) is 28.5 Å². The second kappa shape index (κ2) is 8.52. The van der Waals surface area contributed by atoms with Crippen LogP contribution in [0.15, 0.2) is 24.4 Å². The molecule has 172 valence electrons. The lowest BCUT2D eigenvalue weighted by molar-refractivity contribution is -0.292. The standard InChI is InChI=1S/C18H12ClF7N4O2/c19-11-4-3-8(5-9(11)14(31)28-7-1-2-7)29-15(32)10-6-27-16(30-12(10)13(20)21)17(22,23)18(24,25)26/h3-7,13H,1-2H2,(H,28,31)(H,29,32). The first-order chi connectivity index (χ1) is 14.8. The first kappa shape index (κ1) is 23.7. The molecule has 1 fully saturated rings. The summed E-state index contributed by atoms with van der Waals surface area (Å²) < 4.78 is 90.8. The van der Waals surface area contributed by atoms with Crippen molar-refractivity contribution in [1.29, 1.82) is 0 Å². The molecule has 2 aromatic rings. The topological polar surface area (TPSA) is 84.0 Å². The van der Waals surface area contributed by atoms with Gasteiger partial charge < -0.3 is 10.6 Å². The summed E-state index contributed by atoms with van der Waals surface area (Å²) in [6, 6.07) is 3.61. The van der Waals surface area contributed by atoms with Crippen LogP contribution in [0.2, 0.25) is 5.02 Å². The van der Waals surface area contributed by atoms with Gasteiger partial charge in [-0.3, -0.25) is 9.59 Å². The molecule has 0 unspecified atom stereocenters. The first-order valence-electron chi connectivity index (χ1n) is 8.83. The minimum atomic E-state index is -6.13. The Morgan fingerprint density at radius 2 is 1.72 bits per heavy atom. The Balaban J connectivity index is 1.88. The molecule has 1 heterocycles. The number of aromatic nitrogens is 2. The summed E-state index contributed by atoms with van der Waals surface area (Å²) in [5.41, 5.74) is -2.75. The molecular formula is C18H12ClF7N4O2. The highest BCUT2D eigenvalue weighted by Crippen LogP contribution is 2.42. The minimum Gasteiger partial charge on any atom is -0.349 e. The molecule has 3 rings (SSSR count). The van der Waals surface area contributed by atoms with Crippen LogP contribution in [-0.4, -0.2) is 34.0 Å². The highest BCUT2D eigenvalue weighted by Gasteiger charge is 2.61. The van der Waals surface area contributed by atoms with E-state index in [1.807, 2.05) is 0 Å². The fourth-order valence-corrected chi connectivity index (χ4v) is 2.68. The SMILES string of the molecule is O=C(NC1CC1)c1cc(NC(=O)c2cnc(C(F)(F)C(F)(F)F)nc2C(F)F)ccc1Cl. The molecule has 0 spiro atoms. The van der Waals surface area contributed by atoms with Crippen molar-refractivity contribution in [1.82, 2.24) is 15.3 Å². The lowest BCUT2D eigenvalue weighted by Gasteiger charge is -2.19. The van der Waals surface area contributed by atoms with Gasteiger partial charge in [-0.15, -0.1) is 0 Å². The molecule has 1 aromatic carbocycles. The number of rotatable bonds is 6. The number of carbonyl (C=O) groups excluding carboxylic acids is 2. The molecule has 0 radical (unpaired) electrons. The second-order valence-corrected chi connectivity index (χ2v) is 7.17. The fourth-order valence-electron chi connectivity index (χ4n) is 2.48. The molecule has 1 saturated carbocycles. The summed E-state index contributed by atoms with van der Waals surface area (Å²) >= 11 is 5.96. The van der Waals surface area contributed by atoms with Crippen molar-refractivity contribution in [3.63, 3.8) is 0 Å². The lowest BCUT2D eigenvalue weighted by atomic mass is 10.1. The predicted molar refractivity (Wildman–Crippen MR) is 96.8 cm³/mol. The Bertz CT molecular complexity index is 1060. The monoisotopic (exact) mass is 484 g/mol. The van der Waals surface area contributed by atoms with Gasteiger partial charge in [0, 0.05) is 17.9 Å². The van der Waals surface area contributed by atoms with E-state index in [0.717, 1.165) is 18.9 Å². The van der Waals surface area contributed by atoms with E-state index < -0.39 is 47.4 Å². The van der Waals surface area contributed by atoms with Crippen LogP contribution >= 0.6 is 11.6 Å². The predicted octanol–water partition coefficient (Wildman–Crippen LogP) is 4.87. The molecule has 0 saturated heterocycles. The molecule has 2 N–H and O–H groups in total. The number of nitrogens with one attached hydrogen (secondary N) is 2. The van der Waals surface area contributed by atoms with E-state index >= 15 is 0 Å². The molecule has 0 aliphatic heterocycles. The molecular weight excluding hydrogens is 473 g/mol. The summed E-state index contributed by atoms with van der Waals surface area (Å²) in [5.74, 6) is -9.68. The summed E-state index contributed by atoms with van der Waals surface area (Å²) in [7, 11) is 0. The van der Waals surface area contributed by atoms with Crippen molar-refractivity contribution >= 4 is 29.1 Å². The van der Waals surface area contributed by atoms with Gasteiger partial charge in [-0.2, -0.15) is 22.0 Å². The zero-order valence-electron chi connectivity index (χ0n) is 15.6. The van der Waals surface area contributed by atoms with Gasteiger partial charge in [0.2, 0.25) is 5.82 Å². The van der Waals surface area contributed by atoms with Gasteiger partial charge in [0.25, 0.3) is 18.2 Å². The smallest absolute Gasteiger partial charge is 0.349 e. The van der Waals surface area contributed by atoms with Crippen molar-refractivity contribution in [3.8, 4) is 0 Å². The minimum absolute atomic E-state index is 0.00379. The zero-order valence-corrected chi connectivity index (χ0v) is 16.4. The van der Waals surface area contributed by atoms with Gasteiger partial charge >= 0.3 is 12.1 Å². The van der Waals surface area contributed by atoms with Gasteiger partial charge in [0.15, 0.2) is 0 Å². The third-order valence-electron chi connectivity index (χ3n) is 4.29. The van der Waals surface area contributed by atoms with Crippen LogP contribution in [0, 0.1) is 0 Å². The molecule has 0 atom stereocenters. The van der Waals surface area contributed by atoms with Crippen LogP contribution in [0.25, 0.3) is 0 Å². The number of benzene rings is 1. The van der Waals surface area contributed by atoms with E-state index in [2.05, 4.69) is 20.6 Å². The summed E-state index contributed by atoms with van der Waals surface area (Å²) in [5, 5.41) is 4.83. The van der Waals surface area contributed by atoms with Crippen molar-refractivity contribution in [2.75, 3.05) is 5.32 Å². The van der Waals surface area contributed by atoms with Crippen LogP contribution in [0.5, 0.6) is 0 Å². The highest BCUT2D eigenvalue weighted by molar-refractivity contribution is 6.34. The maximum absolute atomic E-state index is 13.4. The second-order valence-electron chi connectivity index (χ2n) is 6.76. The third kappa shape index (κ3) is 4.92. The van der Waals surface area contributed by atoms with Gasteiger partial charge in [-0.1, -0.05) is 11.6 Å². The van der Waals surface area contributed by atoms with E-state index in [4.69, 9.17) is 11.6 Å². The van der Waals surface area contributed by atoms with Gasteiger partial charge in [-0.05, 0) is 31.0 Å². The summed E-state index contributed by atoms with van der Waals surface area (Å²) in [6.07, 6.45) is -8.06. The molecule has 6 nitrogen and oxygen atoms in total. The Morgan fingerprint density at radius 3 is 2.28 bits per heavy atom. The average Bonchev–Trinajstić information content (AvgIpc) is 3.51. The quantitative estimate of drug-likeness (QED) is 0.573. The van der Waals surface area contributed by atoms with Crippen LogP contribution < -0.4 is 10.6 Å². The number of carbonyl (C=O) groups is 2. The maximum atomic E-state index is 13.4. The van der Waals surface area contributed by atoms with E-state index in [9.17, 15) is 40.3 Å². The average molecular weight is 485 g/mol. The number of anilines is 1. The van der Waals surface area contributed by atoms with Crippen LogP contribution in [0.4, 0.5) is 36.4 Å². The van der Waals surface area contributed by atoms with E-state index in [1.165, 1.54) is 12.1 Å². The van der Waals surface area contributed by atoms with Crippen molar-refractivity contribution in [2.45, 2.75) is 37.4 Å². The van der Waals surface area contributed by atoms with Crippen molar-refractivity contribution in [3.05, 3.63) is 52.1 Å². The third-order valence-corrected chi connectivity index (χ3v) is 4.62. The number of alkyl halides is 7. The number of hydrogen-bond acceptors (Lipinski definition) is 4. The van der Waals surface area contributed by atoms with E-state index in [1.54, 1.807) is 0 Å². The molecule has 2 amide bonds. The zero-order chi connectivity index (χ0) is 23.8. The number of halogens is 8. The molecule has 1 aromatic heterocycles. The lowest BCUT2D eigenvalue weighted by Crippen LogP contribution is -2.36. The van der Waals surface area contributed by atoms with Crippen molar-refractivity contribution in [2.24, 2.45) is 0 Å². The van der Waals surface area contributed by atoms with E-state index in [0.29, 0.717) is 0 Å². The number of amides is 2. The summed E-state index contributed by atoms with van der Waals surface area (Å²) in [4.78, 5) is 29.9. The fraction of sp³-hybridized carbons (Fsp3) is 0.333. The maximum Gasteiger partial charge on any atom is 0.461 e. The van der Waals surface area contributed by atoms with Gasteiger partial charge in [0.1, 0.15) is 5.69 Å². The highest BCUT2D eigenvalue weighted by atomic mass is 35.5. The molecule has 1 aliphatic carbocycles. The van der Waals surface area contributed by atoms with Crippen LogP contribution in [-0.2, 0) is 5.92 Å². The van der Waals surface area contributed by atoms with Crippen LogP contribution in [0.1, 0.15) is 51.5 Å². The van der Waals surface area contributed by atoms with Crippen molar-refractivity contribution < 1.29 is 40.3 Å². The Kier molecular flexibility index (Phi) is 6.31.